The molecule has 1 amide bonds. The van der Waals surface area contributed by atoms with Crippen LogP contribution < -0.4 is 19.1 Å². The van der Waals surface area contributed by atoms with Crippen molar-refractivity contribution >= 4 is 49.7 Å². The lowest BCUT2D eigenvalue weighted by atomic mass is 9.95. The van der Waals surface area contributed by atoms with Gasteiger partial charge in [-0.3, -0.25) is 14.5 Å². The Balaban J connectivity index is 1.68. The molecule has 9 nitrogen and oxygen atoms in total. The first-order valence-corrected chi connectivity index (χ1v) is 13.5. The number of ketones is 1. The predicted molar refractivity (Wildman–Crippen MR) is 151 cm³/mol. The molecule has 2 aromatic heterocycles. The van der Waals surface area contributed by atoms with Crippen LogP contribution in [0.5, 0.6) is 17.2 Å². The molecule has 0 aliphatic carbocycles. The minimum absolute atomic E-state index is 0.0506. The van der Waals surface area contributed by atoms with Crippen LogP contribution in [0.15, 0.2) is 60.4 Å². The van der Waals surface area contributed by atoms with Crippen LogP contribution in [-0.4, -0.2) is 47.6 Å². The molecule has 4 aromatic rings. The highest BCUT2D eigenvalue weighted by Crippen LogP contribution is 2.46. The van der Waals surface area contributed by atoms with E-state index in [2.05, 4.69) is 16.5 Å². The van der Waals surface area contributed by atoms with Gasteiger partial charge in [-0.05, 0) is 49.7 Å². The van der Waals surface area contributed by atoms with Gasteiger partial charge in [0, 0.05) is 0 Å². The number of thiazole rings is 2. The molecule has 1 aliphatic rings. The molecule has 0 fully saturated rings. The molecular formula is C28H25N3O6S2. The number of anilines is 1. The van der Waals surface area contributed by atoms with Gasteiger partial charge in [-0.15, -0.1) is 11.3 Å². The number of fused-ring (bicyclic) bond motifs is 1. The smallest absolute Gasteiger partial charge is 0.296 e. The molecule has 3 heterocycles. The minimum Gasteiger partial charge on any atom is -0.503 e. The highest BCUT2D eigenvalue weighted by molar-refractivity contribution is 7.22. The molecule has 1 unspecified atom stereocenters. The number of hydrogen-bond acceptors (Lipinski definition) is 10. The lowest BCUT2D eigenvalue weighted by Gasteiger charge is -2.25. The minimum atomic E-state index is -0.975. The summed E-state index contributed by atoms with van der Waals surface area (Å²) in [6.07, 6.45) is 1.61. The van der Waals surface area contributed by atoms with Gasteiger partial charge in [-0.1, -0.05) is 30.1 Å². The number of aromatic nitrogens is 2. The molecule has 0 saturated heterocycles. The monoisotopic (exact) mass is 563 g/mol. The summed E-state index contributed by atoms with van der Waals surface area (Å²) >= 11 is 2.47. The Morgan fingerprint density at radius 1 is 1.10 bits per heavy atom. The van der Waals surface area contributed by atoms with Crippen molar-refractivity contribution in [2.24, 2.45) is 0 Å². The second-order valence-electron chi connectivity index (χ2n) is 8.66. The van der Waals surface area contributed by atoms with Gasteiger partial charge in [0.2, 0.25) is 5.78 Å². The highest BCUT2D eigenvalue weighted by Gasteiger charge is 2.46. The number of methoxy groups -OCH3 is 2. The molecule has 0 saturated carbocycles. The third-order valence-electron chi connectivity index (χ3n) is 6.21. The topological polar surface area (TPSA) is 111 Å². The molecule has 2 aromatic carbocycles. The standard InChI is InChI=1S/C28H25N3O6S2/c1-6-11-37-19-10-7-16(12-20(19)36-5)23-22(24(32)26-14(2)29-15(3)38-26)25(33)27(34)31(23)28-30-18-9-8-17(35-4)13-21(18)39-28/h6-10,12-13,23,33H,1,11H2,2-5H3. The summed E-state index contributed by atoms with van der Waals surface area (Å²) in [7, 11) is 3.07. The number of amides is 1. The maximum Gasteiger partial charge on any atom is 0.296 e. The van der Waals surface area contributed by atoms with Gasteiger partial charge < -0.3 is 19.3 Å². The molecule has 0 bridgehead atoms. The Labute approximate surface area is 232 Å². The van der Waals surface area contributed by atoms with E-state index in [1.54, 1.807) is 57.4 Å². The van der Waals surface area contributed by atoms with Crippen LogP contribution >= 0.6 is 22.7 Å². The number of aliphatic hydroxyl groups is 1. The normalized spacial score (nSPS) is 15.2. The largest absolute Gasteiger partial charge is 0.503 e. The number of ether oxygens (including phenoxy) is 3. The second-order valence-corrected chi connectivity index (χ2v) is 10.9. The van der Waals surface area contributed by atoms with Crippen molar-refractivity contribution in [3.8, 4) is 17.2 Å². The third-order valence-corrected chi connectivity index (χ3v) is 8.30. The first kappa shape index (κ1) is 26.4. The number of hydrogen-bond donors (Lipinski definition) is 1. The predicted octanol–water partition coefficient (Wildman–Crippen LogP) is 5.73. The molecule has 0 spiro atoms. The maximum absolute atomic E-state index is 13.9. The number of benzene rings is 2. The van der Waals surface area contributed by atoms with E-state index in [1.165, 1.54) is 34.7 Å². The summed E-state index contributed by atoms with van der Waals surface area (Å²) in [5, 5.41) is 12.2. The Hall–Kier alpha value is -4.22. The van der Waals surface area contributed by atoms with Crippen LogP contribution in [0, 0.1) is 13.8 Å². The van der Waals surface area contributed by atoms with Crippen LogP contribution in [0.4, 0.5) is 5.13 Å². The summed E-state index contributed by atoms with van der Waals surface area (Å²) in [5.41, 5.74) is 1.67. The van der Waals surface area contributed by atoms with Crippen molar-refractivity contribution in [1.29, 1.82) is 0 Å². The van der Waals surface area contributed by atoms with Gasteiger partial charge in [0.1, 0.15) is 12.4 Å². The Bertz CT molecular complexity index is 1650. The zero-order valence-electron chi connectivity index (χ0n) is 21.7. The quantitative estimate of drug-likeness (QED) is 0.203. The van der Waals surface area contributed by atoms with E-state index in [9.17, 15) is 14.7 Å². The molecule has 1 aliphatic heterocycles. The number of carbonyl (C=O) groups excluding carboxylic acids is 2. The van der Waals surface area contributed by atoms with Gasteiger partial charge in [-0.2, -0.15) is 0 Å². The van der Waals surface area contributed by atoms with Crippen molar-refractivity contribution in [2.75, 3.05) is 25.7 Å². The van der Waals surface area contributed by atoms with Gasteiger partial charge in [0.15, 0.2) is 22.4 Å². The molecular weight excluding hydrogens is 538 g/mol. The van der Waals surface area contributed by atoms with Crippen molar-refractivity contribution < 1.29 is 28.9 Å². The summed E-state index contributed by atoms with van der Waals surface area (Å²) < 4.78 is 17.4. The SMILES string of the molecule is C=CCOc1ccc(C2C(C(=O)c3sc(C)nc3C)=C(O)C(=O)N2c2nc3ccc(OC)cc3s2)cc1OC. The van der Waals surface area contributed by atoms with Crippen LogP contribution in [0.3, 0.4) is 0 Å². The van der Waals surface area contributed by atoms with Crippen molar-refractivity contribution in [1.82, 2.24) is 9.97 Å². The number of carbonyl (C=O) groups is 2. The molecule has 39 heavy (non-hydrogen) atoms. The lowest BCUT2D eigenvalue weighted by Crippen LogP contribution is -2.31. The summed E-state index contributed by atoms with van der Waals surface area (Å²) in [6.45, 7) is 7.47. The van der Waals surface area contributed by atoms with Crippen LogP contribution in [0.1, 0.15) is 32.0 Å². The fourth-order valence-corrected chi connectivity index (χ4v) is 6.35. The first-order chi connectivity index (χ1) is 18.8. The van der Waals surface area contributed by atoms with Crippen LogP contribution in [0.25, 0.3) is 10.2 Å². The van der Waals surface area contributed by atoms with E-state index in [0.717, 1.165) is 4.70 Å². The number of aliphatic hydroxyl groups excluding tert-OH is 1. The van der Waals surface area contributed by atoms with Crippen molar-refractivity contribution in [2.45, 2.75) is 19.9 Å². The van der Waals surface area contributed by atoms with Crippen molar-refractivity contribution in [3.63, 3.8) is 0 Å². The number of nitrogens with zero attached hydrogens (tertiary/aromatic N) is 3. The zero-order valence-corrected chi connectivity index (χ0v) is 23.3. The first-order valence-electron chi connectivity index (χ1n) is 11.9. The second kappa shape index (κ2) is 10.5. The molecule has 1 atom stereocenters. The van der Waals surface area contributed by atoms with E-state index < -0.39 is 23.5 Å². The molecule has 0 radical (unpaired) electrons. The number of Topliss-reactive ketones (excluding diaryl/α,β-unsaturated/α-hetero) is 1. The van der Waals surface area contributed by atoms with E-state index >= 15 is 0 Å². The summed E-state index contributed by atoms with van der Waals surface area (Å²) in [5.74, 6) is -0.296. The lowest BCUT2D eigenvalue weighted by molar-refractivity contribution is -0.117. The third kappa shape index (κ3) is 4.64. The van der Waals surface area contributed by atoms with E-state index in [1.807, 2.05) is 6.07 Å². The molecule has 1 N–H and O–H groups in total. The average molecular weight is 564 g/mol. The fourth-order valence-electron chi connectivity index (χ4n) is 4.46. The van der Waals surface area contributed by atoms with Crippen LogP contribution in [0.2, 0.25) is 0 Å². The average Bonchev–Trinajstić information content (AvgIpc) is 3.59. The molecule has 200 valence electrons. The summed E-state index contributed by atoms with van der Waals surface area (Å²) in [4.78, 5) is 38.2. The Morgan fingerprint density at radius 3 is 2.56 bits per heavy atom. The van der Waals surface area contributed by atoms with Gasteiger partial charge >= 0.3 is 0 Å². The van der Waals surface area contributed by atoms with E-state index in [0.29, 0.717) is 49.0 Å². The van der Waals surface area contributed by atoms with Crippen LogP contribution in [-0.2, 0) is 4.79 Å². The highest BCUT2D eigenvalue weighted by atomic mass is 32.1. The Morgan fingerprint density at radius 2 is 1.90 bits per heavy atom. The maximum atomic E-state index is 13.9. The number of aryl methyl sites for hydroxylation is 2. The molecule has 5 rings (SSSR count). The van der Waals surface area contributed by atoms with E-state index in [-0.39, 0.29) is 12.2 Å². The fraction of sp³-hybridized carbons (Fsp3) is 0.214. The number of rotatable bonds is 9. The van der Waals surface area contributed by atoms with E-state index in [4.69, 9.17) is 14.2 Å². The molecule has 11 heteroatoms. The van der Waals surface area contributed by atoms with Gasteiger partial charge in [0.05, 0.1) is 51.6 Å². The van der Waals surface area contributed by atoms with Gasteiger partial charge in [0.25, 0.3) is 5.91 Å². The Kier molecular flexibility index (Phi) is 7.11. The van der Waals surface area contributed by atoms with Crippen molar-refractivity contribution in [3.05, 3.63) is 81.5 Å². The van der Waals surface area contributed by atoms with Gasteiger partial charge in [-0.25, -0.2) is 9.97 Å². The summed E-state index contributed by atoms with van der Waals surface area (Å²) in [6, 6.07) is 9.54. The zero-order chi connectivity index (χ0) is 27.8.